The minimum atomic E-state index is -0.431. The Labute approximate surface area is 134 Å². The number of halogens is 1. The number of rotatable bonds is 2. The number of carbonyl (C=O) groups is 2. The van der Waals surface area contributed by atoms with Crippen LogP contribution in [-0.4, -0.2) is 23.1 Å². The van der Waals surface area contributed by atoms with Gasteiger partial charge in [0.1, 0.15) is 11.9 Å². The van der Waals surface area contributed by atoms with Crippen molar-refractivity contribution < 1.29 is 14.0 Å². The summed E-state index contributed by atoms with van der Waals surface area (Å²) in [5, 5.41) is 9.08. The smallest absolute Gasteiger partial charge is 0.230 e. The molecule has 3 unspecified atom stereocenters. The van der Waals surface area contributed by atoms with Crippen molar-refractivity contribution in [1.29, 1.82) is 5.26 Å². The molecule has 1 aliphatic heterocycles. The van der Waals surface area contributed by atoms with E-state index in [0.717, 1.165) is 5.56 Å². The van der Waals surface area contributed by atoms with Gasteiger partial charge in [-0.1, -0.05) is 25.1 Å². The molecule has 3 rings (SSSR count). The number of amides is 1. The van der Waals surface area contributed by atoms with Gasteiger partial charge in [-0.05, 0) is 30.0 Å². The number of allylic oxidation sites excluding steroid dienone is 1. The number of likely N-dealkylation sites (tertiary alicyclic amines) is 1. The maximum Gasteiger partial charge on any atom is 0.230 e. The van der Waals surface area contributed by atoms with E-state index in [1.54, 1.807) is 24.0 Å². The zero-order chi connectivity index (χ0) is 16.6. The molecule has 5 heteroatoms. The van der Waals surface area contributed by atoms with Crippen molar-refractivity contribution in [3.05, 3.63) is 47.3 Å². The zero-order valence-corrected chi connectivity index (χ0v) is 12.8. The van der Waals surface area contributed by atoms with E-state index in [2.05, 4.69) is 0 Å². The summed E-state index contributed by atoms with van der Waals surface area (Å²) < 4.78 is 13.3. The quantitative estimate of drug-likeness (QED) is 0.843. The predicted molar refractivity (Wildman–Crippen MR) is 81.3 cm³/mol. The molecule has 0 radical (unpaired) electrons. The average Bonchev–Trinajstić information content (AvgIpc) is 2.53. The third kappa shape index (κ3) is 2.77. The number of nitrogens with zero attached hydrogens (tertiary/aromatic N) is 2. The first kappa shape index (κ1) is 15.4. The van der Waals surface area contributed by atoms with Gasteiger partial charge >= 0.3 is 0 Å². The van der Waals surface area contributed by atoms with Gasteiger partial charge < -0.3 is 4.90 Å². The van der Waals surface area contributed by atoms with E-state index in [0.29, 0.717) is 19.5 Å². The van der Waals surface area contributed by atoms with Crippen LogP contribution in [0.1, 0.15) is 18.9 Å². The molecule has 0 spiro atoms. The lowest BCUT2D eigenvalue weighted by molar-refractivity contribution is -0.142. The first-order valence-corrected chi connectivity index (χ1v) is 7.70. The van der Waals surface area contributed by atoms with Gasteiger partial charge in [0, 0.05) is 19.0 Å². The molecular formula is C18H17FN2O2. The topological polar surface area (TPSA) is 61.2 Å². The lowest BCUT2D eigenvalue weighted by Crippen LogP contribution is -2.49. The third-order valence-electron chi connectivity index (χ3n) is 4.84. The van der Waals surface area contributed by atoms with E-state index < -0.39 is 5.92 Å². The standard InChI is InChI=1S/C18H17FN2O2/c1-11-15-5-6-21(10-12-3-2-4-14(19)7-12)18(23)16(15)8-13(9-20)17(11)22/h2-4,7-8,11,15-16H,5-6,10H2,1H3. The number of benzene rings is 1. The van der Waals surface area contributed by atoms with E-state index in [9.17, 15) is 14.0 Å². The highest BCUT2D eigenvalue weighted by Crippen LogP contribution is 2.38. The second kappa shape index (κ2) is 5.96. The minimum Gasteiger partial charge on any atom is -0.338 e. The maximum atomic E-state index is 13.3. The fraction of sp³-hybridized carbons (Fsp3) is 0.389. The van der Waals surface area contributed by atoms with Crippen LogP contribution in [-0.2, 0) is 16.1 Å². The van der Waals surface area contributed by atoms with Gasteiger partial charge in [-0.2, -0.15) is 5.26 Å². The van der Waals surface area contributed by atoms with E-state index in [1.165, 1.54) is 18.2 Å². The fourth-order valence-corrected chi connectivity index (χ4v) is 3.55. The molecule has 1 amide bonds. The van der Waals surface area contributed by atoms with E-state index in [1.807, 2.05) is 6.07 Å². The van der Waals surface area contributed by atoms with Crippen molar-refractivity contribution in [3.63, 3.8) is 0 Å². The highest BCUT2D eigenvalue weighted by atomic mass is 19.1. The summed E-state index contributed by atoms with van der Waals surface area (Å²) in [6.07, 6.45) is 2.24. The SMILES string of the molecule is CC1C(=O)C(C#N)=CC2C(=O)N(Cc3cccc(F)c3)CCC12. The second-order valence-corrected chi connectivity index (χ2v) is 6.21. The van der Waals surface area contributed by atoms with Crippen LogP contribution < -0.4 is 0 Å². The lowest BCUT2D eigenvalue weighted by Gasteiger charge is -2.41. The predicted octanol–water partition coefficient (Wildman–Crippen LogP) is 2.46. The molecule has 0 bridgehead atoms. The van der Waals surface area contributed by atoms with Crippen LogP contribution in [0.2, 0.25) is 0 Å². The summed E-state index contributed by atoms with van der Waals surface area (Å²) in [5.74, 6) is -1.36. The summed E-state index contributed by atoms with van der Waals surface area (Å²) in [6, 6.07) is 8.10. The second-order valence-electron chi connectivity index (χ2n) is 6.21. The van der Waals surface area contributed by atoms with Gasteiger partial charge in [0.15, 0.2) is 5.78 Å². The molecule has 1 aromatic carbocycles. The monoisotopic (exact) mass is 312 g/mol. The zero-order valence-electron chi connectivity index (χ0n) is 12.8. The summed E-state index contributed by atoms with van der Waals surface area (Å²) >= 11 is 0. The van der Waals surface area contributed by atoms with Gasteiger partial charge in [0.2, 0.25) is 5.91 Å². The molecule has 23 heavy (non-hydrogen) atoms. The van der Waals surface area contributed by atoms with E-state index >= 15 is 0 Å². The summed E-state index contributed by atoms with van der Waals surface area (Å²) in [4.78, 5) is 26.5. The molecule has 0 aromatic heterocycles. The highest BCUT2D eigenvalue weighted by molar-refractivity contribution is 6.03. The van der Waals surface area contributed by atoms with Crippen LogP contribution in [0.4, 0.5) is 4.39 Å². The molecule has 118 valence electrons. The molecule has 3 atom stereocenters. The Hall–Kier alpha value is -2.48. The van der Waals surface area contributed by atoms with Crippen molar-refractivity contribution in [3.8, 4) is 6.07 Å². The summed E-state index contributed by atoms with van der Waals surface area (Å²) in [7, 11) is 0. The van der Waals surface area contributed by atoms with Crippen molar-refractivity contribution >= 4 is 11.7 Å². The van der Waals surface area contributed by atoms with E-state index in [4.69, 9.17) is 5.26 Å². The molecule has 1 heterocycles. The number of fused-ring (bicyclic) bond motifs is 1. The number of ketones is 1. The summed E-state index contributed by atoms with van der Waals surface area (Å²) in [6.45, 7) is 2.68. The summed E-state index contributed by atoms with van der Waals surface area (Å²) in [5.41, 5.74) is 0.820. The lowest BCUT2D eigenvalue weighted by atomic mass is 9.69. The first-order chi connectivity index (χ1) is 11.0. The van der Waals surface area contributed by atoms with Crippen molar-refractivity contribution in [2.24, 2.45) is 17.8 Å². The van der Waals surface area contributed by atoms with Crippen LogP contribution in [0.3, 0.4) is 0 Å². The van der Waals surface area contributed by atoms with Gasteiger partial charge in [0.05, 0.1) is 11.5 Å². The van der Waals surface area contributed by atoms with Gasteiger partial charge in [-0.3, -0.25) is 9.59 Å². The molecule has 4 nitrogen and oxygen atoms in total. The minimum absolute atomic E-state index is 0.0455. The highest BCUT2D eigenvalue weighted by Gasteiger charge is 2.44. The van der Waals surface area contributed by atoms with Gasteiger partial charge in [0.25, 0.3) is 0 Å². The molecule has 0 N–H and O–H groups in total. The molecule has 1 saturated heterocycles. The Balaban J connectivity index is 1.83. The van der Waals surface area contributed by atoms with Crippen LogP contribution in [0.5, 0.6) is 0 Å². The van der Waals surface area contributed by atoms with Crippen LogP contribution in [0, 0.1) is 34.9 Å². The van der Waals surface area contributed by atoms with Crippen molar-refractivity contribution in [2.75, 3.05) is 6.54 Å². The molecule has 2 aliphatic rings. The number of hydrogen-bond acceptors (Lipinski definition) is 3. The number of Topliss-reactive ketones (excluding diaryl/α,β-unsaturated/α-hetero) is 1. The number of carbonyl (C=O) groups excluding carboxylic acids is 2. The van der Waals surface area contributed by atoms with Gasteiger partial charge in [-0.15, -0.1) is 0 Å². The molecule has 1 aromatic rings. The fourth-order valence-electron chi connectivity index (χ4n) is 3.55. The Bertz CT molecular complexity index is 735. The molecule has 0 saturated carbocycles. The average molecular weight is 312 g/mol. The van der Waals surface area contributed by atoms with E-state index in [-0.39, 0.29) is 34.9 Å². The normalized spacial score (nSPS) is 27.3. The Kier molecular flexibility index (Phi) is 3.99. The largest absolute Gasteiger partial charge is 0.338 e. The maximum absolute atomic E-state index is 13.3. The van der Waals surface area contributed by atoms with Crippen molar-refractivity contribution in [1.82, 2.24) is 4.90 Å². The Morgan fingerprint density at radius 3 is 2.87 bits per heavy atom. The Morgan fingerprint density at radius 2 is 2.17 bits per heavy atom. The number of nitriles is 1. The molecular weight excluding hydrogens is 295 g/mol. The van der Waals surface area contributed by atoms with Crippen molar-refractivity contribution in [2.45, 2.75) is 19.9 Å². The molecule has 1 aliphatic carbocycles. The van der Waals surface area contributed by atoms with Crippen LogP contribution >= 0.6 is 0 Å². The number of piperidine rings is 1. The first-order valence-electron chi connectivity index (χ1n) is 7.70. The Morgan fingerprint density at radius 1 is 1.39 bits per heavy atom. The number of hydrogen-bond donors (Lipinski definition) is 0. The van der Waals surface area contributed by atoms with Gasteiger partial charge in [-0.25, -0.2) is 4.39 Å². The van der Waals surface area contributed by atoms with Crippen LogP contribution in [0.15, 0.2) is 35.9 Å². The third-order valence-corrected chi connectivity index (χ3v) is 4.84. The van der Waals surface area contributed by atoms with Crippen LogP contribution in [0.25, 0.3) is 0 Å². The molecule has 1 fully saturated rings.